The van der Waals surface area contributed by atoms with Crippen LogP contribution in [0.5, 0.6) is 0 Å². The van der Waals surface area contributed by atoms with E-state index in [1.54, 1.807) is 12.1 Å². The van der Waals surface area contributed by atoms with Crippen molar-refractivity contribution >= 4 is 56.5 Å². The molecule has 0 aliphatic carbocycles. The minimum absolute atomic E-state index is 0.178. The average molecular weight is 457 g/mol. The van der Waals surface area contributed by atoms with Crippen LogP contribution < -0.4 is 10.7 Å². The van der Waals surface area contributed by atoms with Crippen LogP contribution in [0.1, 0.15) is 15.2 Å². The van der Waals surface area contributed by atoms with Gasteiger partial charge in [0, 0.05) is 11.1 Å². The molecule has 5 nitrogen and oxygen atoms in total. The van der Waals surface area contributed by atoms with E-state index in [0.717, 1.165) is 5.56 Å². The molecule has 2 aromatic heterocycles. The van der Waals surface area contributed by atoms with Crippen LogP contribution in [0.15, 0.2) is 71.1 Å². The van der Waals surface area contributed by atoms with Crippen molar-refractivity contribution in [1.82, 2.24) is 4.98 Å². The van der Waals surface area contributed by atoms with Crippen molar-refractivity contribution in [2.45, 2.75) is 0 Å². The summed E-state index contributed by atoms with van der Waals surface area (Å²) < 4.78 is 13.9. The third kappa shape index (κ3) is 4.56. The fraction of sp³-hybridized carbons (Fsp3) is 0. The third-order valence-electron chi connectivity index (χ3n) is 4.00. The Morgan fingerprint density at radius 2 is 1.93 bits per heavy atom. The van der Waals surface area contributed by atoms with Crippen molar-refractivity contribution in [2.75, 3.05) is 10.7 Å². The SMILES string of the molecule is O=C(Nc1sc(N/N=C\c2c(F)cccc2Cl)nc1-c1ccccc1)c1cccs1. The minimum Gasteiger partial charge on any atom is -0.311 e. The monoisotopic (exact) mass is 456 g/mol. The number of benzene rings is 2. The number of amides is 1. The van der Waals surface area contributed by atoms with Crippen LogP contribution in [0.4, 0.5) is 14.5 Å². The molecule has 9 heteroatoms. The lowest BCUT2D eigenvalue weighted by atomic mass is 10.2. The van der Waals surface area contributed by atoms with Gasteiger partial charge < -0.3 is 5.32 Å². The molecule has 4 aromatic rings. The van der Waals surface area contributed by atoms with E-state index < -0.39 is 5.82 Å². The summed E-state index contributed by atoms with van der Waals surface area (Å²) in [7, 11) is 0. The second kappa shape index (κ2) is 9.17. The Kier molecular flexibility index (Phi) is 6.18. The molecule has 0 saturated heterocycles. The molecule has 2 heterocycles. The number of hydrazone groups is 1. The Morgan fingerprint density at radius 1 is 1.10 bits per heavy atom. The Bertz CT molecular complexity index is 1170. The van der Waals surface area contributed by atoms with Gasteiger partial charge in [0.1, 0.15) is 16.5 Å². The standard InChI is InChI=1S/C21H14ClFN4OS2/c22-15-8-4-9-16(23)14(15)12-24-27-21-25-18(13-6-2-1-3-7-13)20(30-21)26-19(28)17-10-5-11-29-17/h1-12H,(H,25,27)(H,26,28)/b24-12-. The van der Waals surface area contributed by atoms with E-state index in [1.807, 2.05) is 41.8 Å². The fourth-order valence-electron chi connectivity index (χ4n) is 2.60. The number of aromatic nitrogens is 1. The van der Waals surface area contributed by atoms with Crippen LogP contribution >= 0.6 is 34.3 Å². The Hall–Kier alpha value is -3.07. The third-order valence-corrected chi connectivity index (χ3v) is 6.07. The van der Waals surface area contributed by atoms with Crippen molar-refractivity contribution in [3.63, 3.8) is 0 Å². The number of nitrogens with one attached hydrogen (secondary N) is 2. The molecule has 0 unspecified atom stereocenters. The lowest BCUT2D eigenvalue weighted by Gasteiger charge is -2.03. The number of carbonyl (C=O) groups is 1. The molecule has 0 bridgehead atoms. The van der Waals surface area contributed by atoms with Crippen molar-refractivity contribution in [3.05, 3.63) is 87.3 Å². The topological polar surface area (TPSA) is 66.4 Å². The van der Waals surface area contributed by atoms with Gasteiger partial charge in [-0.15, -0.1) is 11.3 Å². The van der Waals surface area contributed by atoms with Crippen molar-refractivity contribution in [1.29, 1.82) is 0 Å². The maximum atomic E-state index is 13.9. The molecule has 4 rings (SSSR count). The molecule has 0 atom stereocenters. The summed E-state index contributed by atoms with van der Waals surface area (Å²) in [5, 5.41) is 10.1. The van der Waals surface area contributed by atoms with Gasteiger partial charge in [0.2, 0.25) is 5.13 Å². The fourth-order valence-corrected chi connectivity index (χ4v) is 4.27. The van der Waals surface area contributed by atoms with Crippen molar-refractivity contribution in [2.24, 2.45) is 5.10 Å². The van der Waals surface area contributed by atoms with Crippen molar-refractivity contribution < 1.29 is 9.18 Å². The molecule has 30 heavy (non-hydrogen) atoms. The van der Waals surface area contributed by atoms with Gasteiger partial charge in [-0.1, -0.05) is 65.4 Å². The summed E-state index contributed by atoms with van der Waals surface area (Å²) in [6.07, 6.45) is 1.30. The van der Waals surface area contributed by atoms with Gasteiger partial charge in [0.25, 0.3) is 5.91 Å². The maximum Gasteiger partial charge on any atom is 0.266 e. The predicted molar refractivity (Wildman–Crippen MR) is 122 cm³/mol. The Balaban J connectivity index is 1.60. The number of anilines is 2. The lowest BCUT2D eigenvalue weighted by molar-refractivity contribution is 0.103. The quantitative estimate of drug-likeness (QED) is 0.262. The van der Waals surface area contributed by atoms with Crippen LogP contribution in [-0.2, 0) is 0 Å². The number of carbonyl (C=O) groups excluding carboxylic acids is 1. The van der Waals surface area contributed by atoms with Gasteiger partial charge in [-0.25, -0.2) is 9.37 Å². The first-order chi connectivity index (χ1) is 14.6. The summed E-state index contributed by atoms with van der Waals surface area (Å²) in [4.78, 5) is 17.7. The predicted octanol–water partition coefficient (Wildman–Crippen LogP) is 6.36. The van der Waals surface area contributed by atoms with Gasteiger partial charge in [-0.2, -0.15) is 5.10 Å². The zero-order valence-corrected chi connectivity index (χ0v) is 17.7. The molecule has 0 aliphatic heterocycles. The average Bonchev–Trinajstić information content (AvgIpc) is 3.41. The molecular weight excluding hydrogens is 443 g/mol. The second-order valence-corrected chi connectivity index (χ2v) is 8.35. The smallest absolute Gasteiger partial charge is 0.266 e. The number of nitrogens with zero attached hydrogens (tertiary/aromatic N) is 2. The first kappa shape index (κ1) is 20.2. The zero-order chi connectivity index (χ0) is 20.9. The van der Waals surface area contributed by atoms with E-state index >= 15 is 0 Å². The van der Waals surface area contributed by atoms with E-state index in [-0.39, 0.29) is 16.5 Å². The number of thiophene rings is 1. The van der Waals surface area contributed by atoms with E-state index in [9.17, 15) is 9.18 Å². The number of thiazole rings is 1. The van der Waals surface area contributed by atoms with Gasteiger partial charge in [-0.05, 0) is 23.6 Å². The Morgan fingerprint density at radius 3 is 2.67 bits per heavy atom. The largest absolute Gasteiger partial charge is 0.311 e. The molecule has 0 aliphatic rings. The van der Waals surface area contributed by atoms with Crippen LogP contribution in [0.3, 0.4) is 0 Å². The molecule has 2 aromatic carbocycles. The highest BCUT2D eigenvalue weighted by atomic mass is 35.5. The van der Waals surface area contributed by atoms with Crippen LogP contribution in [0.25, 0.3) is 11.3 Å². The van der Waals surface area contributed by atoms with Crippen LogP contribution in [0, 0.1) is 5.82 Å². The second-order valence-electron chi connectivity index (χ2n) is 6.00. The summed E-state index contributed by atoms with van der Waals surface area (Å²) in [6.45, 7) is 0. The molecule has 2 N–H and O–H groups in total. The van der Waals surface area contributed by atoms with Gasteiger partial charge in [-0.3, -0.25) is 10.2 Å². The van der Waals surface area contributed by atoms with E-state index in [2.05, 4.69) is 20.8 Å². The van der Waals surface area contributed by atoms with Gasteiger partial charge in [0.05, 0.1) is 16.1 Å². The number of rotatable bonds is 6. The number of hydrogen-bond acceptors (Lipinski definition) is 6. The van der Waals surface area contributed by atoms with Crippen molar-refractivity contribution in [3.8, 4) is 11.3 Å². The van der Waals surface area contributed by atoms with Gasteiger partial charge >= 0.3 is 0 Å². The highest BCUT2D eigenvalue weighted by Crippen LogP contribution is 2.36. The summed E-state index contributed by atoms with van der Waals surface area (Å²) in [5.41, 5.74) is 4.44. The van der Waals surface area contributed by atoms with E-state index in [1.165, 1.54) is 41.0 Å². The molecule has 1 amide bonds. The summed E-state index contributed by atoms with van der Waals surface area (Å²) in [5.74, 6) is -0.680. The highest BCUT2D eigenvalue weighted by molar-refractivity contribution is 7.20. The Labute approximate surface area is 184 Å². The number of halogens is 2. The zero-order valence-electron chi connectivity index (χ0n) is 15.3. The van der Waals surface area contributed by atoms with Crippen LogP contribution in [-0.4, -0.2) is 17.1 Å². The summed E-state index contributed by atoms with van der Waals surface area (Å²) >= 11 is 8.60. The number of hydrogen-bond donors (Lipinski definition) is 2. The molecule has 0 fully saturated rings. The molecule has 0 radical (unpaired) electrons. The minimum atomic E-state index is -0.471. The molecular formula is C21H14ClFN4OS2. The normalized spacial score (nSPS) is 11.0. The molecule has 150 valence electrons. The van der Waals surface area contributed by atoms with E-state index in [4.69, 9.17) is 11.6 Å². The summed E-state index contributed by atoms with van der Waals surface area (Å²) in [6, 6.07) is 17.5. The molecule has 0 spiro atoms. The highest BCUT2D eigenvalue weighted by Gasteiger charge is 2.17. The lowest BCUT2D eigenvalue weighted by Crippen LogP contribution is -2.09. The first-order valence-corrected chi connectivity index (χ1v) is 10.8. The first-order valence-electron chi connectivity index (χ1n) is 8.76. The van der Waals surface area contributed by atoms with Gasteiger partial charge in [0.15, 0.2) is 0 Å². The van der Waals surface area contributed by atoms with Crippen LogP contribution in [0.2, 0.25) is 5.02 Å². The van der Waals surface area contributed by atoms with E-state index in [0.29, 0.717) is 20.7 Å². The molecule has 0 saturated carbocycles. The maximum absolute atomic E-state index is 13.9.